The Kier molecular flexibility index (Phi) is 3.53. The van der Waals surface area contributed by atoms with E-state index < -0.39 is 0 Å². The average molecular weight is 288 g/mol. The van der Waals surface area contributed by atoms with Gasteiger partial charge in [-0.25, -0.2) is 0 Å². The number of nitrogens with zero attached hydrogens (tertiary/aromatic N) is 2. The molecule has 2 fully saturated rings. The maximum absolute atomic E-state index is 2.74. The van der Waals surface area contributed by atoms with Gasteiger partial charge in [0.1, 0.15) is 0 Å². The topological polar surface area (TPSA) is 6.48 Å². The predicted octanol–water partition coefficient (Wildman–Crippen LogP) is 3.04. The van der Waals surface area contributed by atoms with Crippen molar-refractivity contribution in [2.75, 3.05) is 32.4 Å². The fourth-order valence-electron chi connectivity index (χ4n) is 4.24. The lowest BCUT2D eigenvalue weighted by Crippen LogP contribution is -2.38. The SMILES string of the molecule is CN1C2CCC1CN(CC1CSc3ccccc31)CC2. The van der Waals surface area contributed by atoms with Gasteiger partial charge < -0.3 is 4.90 Å². The third-order valence-electron chi connectivity index (χ3n) is 5.51. The van der Waals surface area contributed by atoms with Crippen LogP contribution in [0.4, 0.5) is 0 Å². The second kappa shape index (κ2) is 5.36. The Morgan fingerprint density at radius 3 is 2.95 bits per heavy atom. The second-order valence-electron chi connectivity index (χ2n) is 6.64. The Balaban J connectivity index is 1.45. The van der Waals surface area contributed by atoms with Gasteiger partial charge in [0.25, 0.3) is 0 Å². The lowest BCUT2D eigenvalue weighted by molar-refractivity contribution is 0.214. The molecule has 1 aromatic rings. The summed E-state index contributed by atoms with van der Waals surface area (Å²) in [5.74, 6) is 2.03. The highest BCUT2D eigenvalue weighted by molar-refractivity contribution is 7.99. The minimum absolute atomic E-state index is 0.748. The average Bonchev–Trinajstić information content (AvgIpc) is 2.96. The van der Waals surface area contributed by atoms with Crippen LogP contribution in [0, 0.1) is 0 Å². The molecule has 1 aromatic carbocycles. The second-order valence-corrected chi connectivity index (χ2v) is 7.71. The maximum atomic E-state index is 2.74. The molecule has 3 atom stereocenters. The van der Waals surface area contributed by atoms with Crippen molar-refractivity contribution in [2.24, 2.45) is 0 Å². The molecule has 0 aromatic heterocycles. The van der Waals surface area contributed by atoms with E-state index in [0.29, 0.717) is 0 Å². The first-order valence-electron chi connectivity index (χ1n) is 7.97. The monoisotopic (exact) mass is 288 g/mol. The molecule has 0 N–H and O–H groups in total. The van der Waals surface area contributed by atoms with Gasteiger partial charge in [-0.2, -0.15) is 0 Å². The number of hydrogen-bond donors (Lipinski definition) is 0. The van der Waals surface area contributed by atoms with Crippen LogP contribution in [0.5, 0.6) is 0 Å². The number of benzene rings is 1. The summed E-state index contributed by atoms with van der Waals surface area (Å²) < 4.78 is 0. The minimum atomic E-state index is 0.748. The van der Waals surface area contributed by atoms with Crippen molar-refractivity contribution in [1.82, 2.24) is 9.80 Å². The molecule has 3 heteroatoms. The van der Waals surface area contributed by atoms with E-state index in [-0.39, 0.29) is 0 Å². The van der Waals surface area contributed by atoms with Gasteiger partial charge >= 0.3 is 0 Å². The Morgan fingerprint density at radius 2 is 2.00 bits per heavy atom. The van der Waals surface area contributed by atoms with Crippen LogP contribution in [0.1, 0.15) is 30.7 Å². The summed E-state index contributed by atoms with van der Waals surface area (Å²) in [7, 11) is 2.34. The molecule has 3 unspecified atom stereocenters. The number of thioether (sulfide) groups is 1. The Bertz CT molecular complexity index is 490. The van der Waals surface area contributed by atoms with E-state index in [4.69, 9.17) is 0 Å². The molecule has 3 aliphatic rings. The third-order valence-corrected chi connectivity index (χ3v) is 6.76. The number of fused-ring (bicyclic) bond motifs is 3. The highest BCUT2D eigenvalue weighted by Crippen LogP contribution is 2.40. The molecular formula is C17H24N2S. The van der Waals surface area contributed by atoms with E-state index >= 15 is 0 Å². The van der Waals surface area contributed by atoms with E-state index in [0.717, 1.165) is 18.0 Å². The van der Waals surface area contributed by atoms with E-state index in [9.17, 15) is 0 Å². The summed E-state index contributed by atoms with van der Waals surface area (Å²) in [4.78, 5) is 6.91. The smallest absolute Gasteiger partial charge is 0.0223 e. The first kappa shape index (κ1) is 13.2. The highest BCUT2D eigenvalue weighted by atomic mass is 32.2. The Morgan fingerprint density at radius 1 is 1.15 bits per heavy atom. The molecule has 0 radical (unpaired) electrons. The summed E-state index contributed by atoms with van der Waals surface area (Å²) >= 11 is 2.05. The van der Waals surface area contributed by atoms with Crippen molar-refractivity contribution in [3.8, 4) is 0 Å². The van der Waals surface area contributed by atoms with E-state index in [1.165, 1.54) is 49.5 Å². The van der Waals surface area contributed by atoms with Crippen LogP contribution in [0.3, 0.4) is 0 Å². The first-order chi connectivity index (χ1) is 9.81. The van der Waals surface area contributed by atoms with Gasteiger partial charge in [-0.15, -0.1) is 11.8 Å². The number of hydrogen-bond acceptors (Lipinski definition) is 3. The first-order valence-corrected chi connectivity index (χ1v) is 8.96. The van der Waals surface area contributed by atoms with Crippen molar-refractivity contribution in [1.29, 1.82) is 0 Å². The lowest BCUT2D eigenvalue weighted by atomic mass is 10.00. The highest BCUT2D eigenvalue weighted by Gasteiger charge is 2.35. The third kappa shape index (κ3) is 2.30. The quantitative estimate of drug-likeness (QED) is 0.826. The van der Waals surface area contributed by atoms with Crippen LogP contribution in [0.2, 0.25) is 0 Å². The molecule has 2 saturated heterocycles. The zero-order chi connectivity index (χ0) is 13.5. The van der Waals surface area contributed by atoms with Gasteiger partial charge in [-0.05, 0) is 44.5 Å². The van der Waals surface area contributed by atoms with Crippen molar-refractivity contribution < 1.29 is 0 Å². The summed E-state index contributed by atoms with van der Waals surface area (Å²) in [5, 5.41) is 0. The molecular weight excluding hydrogens is 264 g/mol. The molecule has 2 bridgehead atoms. The molecule has 0 aliphatic carbocycles. The van der Waals surface area contributed by atoms with Crippen LogP contribution >= 0.6 is 11.8 Å². The molecule has 20 heavy (non-hydrogen) atoms. The zero-order valence-corrected chi connectivity index (χ0v) is 13.1. The van der Waals surface area contributed by atoms with Gasteiger partial charge in [0.05, 0.1) is 0 Å². The molecule has 2 nitrogen and oxygen atoms in total. The summed E-state index contributed by atoms with van der Waals surface area (Å²) in [6.07, 6.45) is 4.21. The van der Waals surface area contributed by atoms with Gasteiger partial charge in [-0.1, -0.05) is 18.2 Å². The van der Waals surface area contributed by atoms with Crippen LogP contribution < -0.4 is 0 Å². The van der Waals surface area contributed by atoms with Crippen LogP contribution in [0.15, 0.2) is 29.2 Å². The van der Waals surface area contributed by atoms with E-state index in [1.807, 2.05) is 11.8 Å². The molecule has 4 rings (SSSR count). The minimum Gasteiger partial charge on any atom is -0.301 e. The van der Waals surface area contributed by atoms with Gasteiger partial charge in [0.2, 0.25) is 0 Å². The van der Waals surface area contributed by atoms with Gasteiger partial charge in [-0.3, -0.25) is 4.90 Å². The number of likely N-dealkylation sites (tertiary alicyclic amines) is 1. The van der Waals surface area contributed by atoms with Crippen molar-refractivity contribution in [2.45, 2.75) is 42.2 Å². The van der Waals surface area contributed by atoms with Crippen molar-refractivity contribution >= 4 is 11.8 Å². The Hall–Kier alpha value is -0.510. The summed E-state index contributed by atoms with van der Waals surface area (Å²) in [5.41, 5.74) is 1.60. The molecule has 3 heterocycles. The molecule has 3 aliphatic heterocycles. The largest absolute Gasteiger partial charge is 0.301 e. The van der Waals surface area contributed by atoms with E-state index in [1.54, 1.807) is 5.56 Å². The standard InChI is InChI=1S/C17H24N2S/c1-18-14-6-7-15(18)11-19(9-8-14)10-13-12-20-17-5-3-2-4-16(13)17/h2-5,13-15H,6-12H2,1H3. The number of rotatable bonds is 2. The molecule has 0 amide bonds. The van der Waals surface area contributed by atoms with Crippen LogP contribution in [0.25, 0.3) is 0 Å². The molecule has 108 valence electrons. The maximum Gasteiger partial charge on any atom is 0.0223 e. The summed E-state index contributed by atoms with van der Waals surface area (Å²) in [6, 6.07) is 10.7. The summed E-state index contributed by atoms with van der Waals surface area (Å²) in [6.45, 7) is 3.85. The molecule has 0 saturated carbocycles. The fraction of sp³-hybridized carbons (Fsp3) is 0.647. The Labute approximate surface area is 126 Å². The van der Waals surface area contributed by atoms with Gasteiger partial charge in [0, 0.05) is 41.7 Å². The van der Waals surface area contributed by atoms with Crippen LogP contribution in [-0.2, 0) is 0 Å². The lowest BCUT2D eigenvalue weighted by Gasteiger charge is -2.28. The van der Waals surface area contributed by atoms with E-state index in [2.05, 4.69) is 41.1 Å². The molecule has 0 spiro atoms. The van der Waals surface area contributed by atoms with Crippen molar-refractivity contribution in [3.63, 3.8) is 0 Å². The van der Waals surface area contributed by atoms with Crippen LogP contribution in [-0.4, -0.2) is 54.3 Å². The zero-order valence-electron chi connectivity index (χ0n) is 12.3. The normalized spacial score (nSPS) is 34.1. The predicted molar refractivity (Wildman–Crippen MR) is 85.5 cm³/mol. The number of likely N-dealkylation sites (N-methyl/N-ethyl adjacent to an activating group) is 1. The van der Waals surface area contributed by atoms with Crippen molar-refractivity contribution in [3.05, 3.63) is 29.8 Å². The fourth-order valence-corrected chi connectivity index (χ4v) is 5.48. The van der Waals surface area contributed by atoms with Gasteiger partial charge in [0.15, 0.2) is 0 Å².